The summed E-state index contributed by atoms with van der Waals surface area (Å²) in [7, 11) is 3.15. The Bertz CT molecular complexity index is 170. The average Bonchev–Trinajstić information content (AvgIpc) is 2.05. The minimum Gasteiger partial charge on any atom is -0.478 e. The van der Waals surface area contributed by atoms with E-state index < -0.39 is 5.97 Å². The molecule has 0 atom stereocenters. The summed E-state index contributed by atoms with van der Waals surface area (Å²) in [6.45, 7) is 4.42. The Morgan fingerprint density at radius 2 is 1.85 bits per heavy atom. The zero-order chi connectivity index (χ0) is 10.3. The number of ether oxygens (including phenoxy) is 2. The Labute approximate surface area is 78.2 Å². The Morgan fingerprint density at radius 1 is 1.38 bits per heavy atom. The summed E-state index contributed by atoms with van der Waals surface area (Å²) in [6, 6.07) is 0. The number of methoxy groups -OCH3 is 2. The maximum Gasteiger partial charge on any atom is 0.330 e. The Hall–Kier alpha value is -0.870. The predicted molar refractivity (Wildman–Crippen MR) is 48.6 cm³/mol. The van der Waals surface area contributed by atoms with Gasteiger partial charge in [0.25, 0.3) is 0 Å². The van der Waals surface area contributed by atoms with Crippen molar-refractivity contribution in [1.29, 1.82) is 0 Å². The third kappa shape index (κ3) is 5.38. The monoisotopic (exact) mass is 188 g/mol. The van der Waals surface area contributed by atoms with Crippen LogP contribution in [-0.2, 0) is 14.3 Å². The van der Waals surface area contributed by atoms with Crippen molar-refractivity contribution in [3.8, 4) is 0 Å². The van der Waals surface area contributed by atoms with Gasteiger partial charge in [-0.3, -0.25) is 0 Å². The lowest BCUT2D eigenvalue weighted by atomic mass is 10.0. The molecule has 0 aromatic carbocycles. The smallest absolute Gasteiger partial charge is 0.330 e. The molecule has 0 aromatic rings. The summed E-state index contributed by atoms with van der Waals surface area (Å²) in [5.74, 6) is -0.893. The van der Waals surface area contributed by atoms with Crippen LogP contribution in [0.4, 0.5) is 0 Å². The molecule has 0 fully saturated rings. The molecule has 1 N–H and O–H groups in total. The lowest BCUT2D eigenvalue weighted by molar-refractivity contribution is -0.133. The van der Waals surface area contributed by atoms with Gasteiger partial charge in [-0.25, -0.2) is 4.79 Å². The molecule has 0 unspecified atom stereocenters. The van der Waals surface area contributed by atoms with Crippen LogP contribution >= 0.6 is 0 Å². The van der Waals surface area contributed by atoms with Gasteiger partial charge in [-0.1, -0.05) is 6.58 Å². The fourth-order valence-corrected chi connectivity index (χ4v) is 1.07. The Morgan fingerprint density at radius 3 is 2.15 bits per heavy atom. The minimum atomic E-state index is -0.961. The fourth-order valence-electron chi connectivity index (χ4n) is 1.07. The molecule has 0 aliphatic carbocycles. The zero-order valence-electron chi connectivity index (χ0n) is 8.08. The first kappa shape index (κ1) is 12.1. The predicted octanol–water partition coefficient (Wildman–Crippen LogP) is 0.926. The lowest BCUT2D eigenvalue weighted by Crippen LogP contribution is -2.17. The highest BCUT2D eigenvalue weighted by Gasteiger charge is 2.13. The number of carboxylic acids is 1. The van der Waals surface area contributed by atoms with E-state index in [9.17, 15) is 4.79 Å². The Kier molecular flexibility index (Phi) is 6.18. The number of carboxylic acid groups (broad SMARTS) is 1. The molecule has 4 nitrogen and oxygen atoms in total. The molecule has 0 rings (SSSR count). The second-order valence-electron chi connectivity index (χ2n) is 2.89. The maximum absolute atomic E-state index is 10.5. The molecule has 0 bridgehead atoms. The molecule has 13 heavy (non-hydrogen) atoms. The van der Waals surface area contributed by atoms with E-state index in [0.29, 0.717) is 19.6 Å². The fraction of sp³-hybridized carbons (Fsp3) is 0.667. The number of aliphatic carboxylic acids is 1. The van der Waals surface area contributed by atoms with Crippen molar-refractivity contribution < 1.29 is 19.4 Å². The summed E-state index contributed by atoms with van der Waals surface area (Å²) >= 11 is 0. The van der Waals surface area contributed by atoms with Crippen molar-refractivity contribution in [1.82, 2.24) is 0 Å². The van der Waals surface area contributed by atoms with Crippen LogP contribution in [0, 0.1) is 5.92 Å². The van der Waals surface area contributed by atoms with Crippen molar-refractivity contribution in [2.45, 2.75) is 6.42 Å². The average molecular weight is 188 g/mol. The van der Waals surface area contributed by atoms with Crippen LogP contribution in [-0.4, -0.2) is 38.5 Å². The molecular formula is C9H16O4. The summed E-state index contributed by atoms with van der Waals surface area (Å²) in [5, 5.41) is 8.59. The van der Waals surface area contributed by atoms with Crippen molar-refractivity contribution >= 4 is 5.97 Å². The van der Waals surface area contributed by atoms with Crippen LogP contribution < -0.4 is 0 Å². The first-order valence-electron chi connectivity index (χ1n) is 4.00. The maximum atomic E-state index is 10.5. The third-order valence-corrected chi connectivity index (χ3v) is 1.64. The van der Waals surface area contributed by atoms with Crippen LogP contribution in [0.25, 0.3) is 0 Å². The highest BCUT2D eigenvalue weighted by Crippen LogP contribution is 2.11. The molecule has 4 heteroatoms. The van der Waals surface area contributed by atoms with Gasteiger partial charge in [0, 0.05) is 25.7 Å². The molecule has 0 aliphatic rings. The van der Waals surface area contributed by atoms with E-state index in [1.165, 1.54) is 0 Å². The molecule has 76 valence electrons. The van der Waals surface area contributed by atoms with Gasteiger partial charge in [-0.05, 0) is 6.42 Å². The first-order chi connectivity index (χ1) is 6.11. The summed E-state index contributed by atoms with van der Waals surface area (Å²) < 4.78 is 9.85. The van der Waals surface area contributed by atoms with E-state index in [4.69, 9.17) is 14.6 Å². The van der Waals surface area contributed by atoms with E-state index in [-0.39, 0.29) is 11.5 Å². The molecule has 0 aliphatic heterocycles. The van der Waals surface area contributed by atoms with Crippen molar-refractivity contribution in [2.24, 2.45) is 5.92 Å². The van der Waals surface area contributed by atoms with Crippen molar-refractivity contribution in [2.75, 3.05) is 27.4 Å². The first-order valence-corrected chi connectivity index (χ1v) is 4.00. The van der Waals surface area contributed by atoms with Crippen LogP contribution in [0.1, 0.15) is 6.42 Å². The molecule has 0 saturated carbocycles. The highest BCUT2D eigenvalue weighted by atomic mass is 16.5. The highest BCUT2D eigenvalue weighted by molar-refractivity contribution is 5.85. The molecule has 0 aromatic heterocycles. The largest absolute Gasteiger partial charge is 0.478 e. The van der Waals surface area contributed by atoms with Gasteiger partial charge < -0.3 is 14.6 Å². The number of hydrogen-bond acceptors (Lipinski definition) is 3. The number of hydrogen-bond donors (Lipinski definition) is 1. The minimum absolute atomic E-state index is 0.0681. The van der Waals surface area contributed by atoms with E-state index in [2.05, 4.69) is 6.58 Å². The number of carbonyl (C=O) groups is 1. The van der Waals surface area contributed by atoms with E-state index >= 15 is 0 Å². The van der Waals surface area contributed by atoms with Crippen LogP contribution in [0.15, 0.2) is 12.2 Å². The van der Waals surface area contributed by atoms with Gasteiger partial charge in [0.1, 0.15) is 0 Å². The SMILES string of the molecule is C=C(CC(COC)COC)C(=O)O. The quantitative estimate of drug-likeness (QED) is 0.604. The van der Waals surface area contributed by atoms with Gasteiger partial charge in [0.05, 0.1) is 13.2 Å². The van der Waals surface area contributed by atoms with Gasteiger partial charge in [-0.2, -0.15) is 0 Å². The lowest BCUT2D eigenvalue weighted by Gasteiger charge is -2.14. The molecule has 0 amide bonds. The van der Waals surface area contributed by atoms with Gasteiger partial charge in [0.2, 0.25) is 0 Å². The van der Waals surface area contributed by atoms with Gasteiger partial charge in [0.15, 0.2) is 0 Å². The van der Waals surface area contributed by atoms with Crippen LogP contribution in [0.2, 0.25) is 0 Å². The molecular weight excluding hydrogens is 172 g/mol. The topological polar surface area (TPSA) is 55.8 Å². The van der Waals surface area contributed by atoms with Crippen LogP contribution in [0.5, 0.6) is 0 Å². The van der Waals surface area contributed by atoms with Crippen molar-refractivity contribution in [3.63, 3.8) is 0 Å². The second kappa shape index (κ2) is 6.62. The Balaban J connectivity index is 3.93. The van der Waals surface area contributed by atoms with Crippen LogP contribution in [0.3, 0.4) is 0 Å². The summed E-state index contributed by atoms with van der Waals surface area (Å²) in [6.07, 6.45) is 0.400. The summed E-state index contributed by atoms with van der Waals surface area (Å²) in [5.41, 5.74) is 0.194. The third-order valence-electron chi connectivity index (χ3n) is 1.64. The molecule has 0 heterocycles. The van der Waals surface area contributed by atoms with E-state index in [0.717, 1.165) is 0 Å². The second-order valence-corrected chi connectivity index (χ2v) is 2.89. The normalized spacial score (nSPS) is 10.4. The molecule has 0 radical (unpaired) electrons. The molecule has 0 spiro atoms. The van der Waals surface area contributed by atoms with E-state index in [1.807, 2.05) is 0 Å². The van der Waals surface area contributed by atoms with Crippen molar-refractivity contribution in [3.05, 3.63) is 12.2 Å². The molecule has 0 saturated heterocycles. The number of rotatable bonds is 7. The van der Waals surface area contributed by atoms with Gasteiger partial charge in [-0.15, -0.1) is 0 Å². The van der Waals surface area contributed by atoms with Gasteiger partial charge >= 0.3 is 5.97 Å². The summed E-state index contributed by atoms with van der Waals surface area (Å²) in [4.78, 5) is 10.5. The zero-order valence-corrected chi connectivity index (χ0v) is 8.08. The van der Waals surface area contributed by atoms with E-state index in [1.54, 1.807) is 14.2 Å². The standard InChI is InChI=1S/C9H16O4/c1-7(9(10)11)4-8(5-12-2)6-13-3/h8H,1,4-6H2,2-3H3,(H,10,11).